The van der Waals surface area contributed by atoms with Gasteiger partial charge in [-0.25, -0.2) is 0 Å². The van der Waals surface area contributed by atoms with Crippen molar-refractivity contribution in [3.63, 3.8) is 0 Å². The summed E-state index contributed by atoms with van der Waals surface area (Å²) in [6, 6.07) is 0. The van der Waals surface area contributed by atoms with Crippen LogP contribution in [0, 0.1) is 52.3 Å². The molecular weight excluding hydrogens is 388 g/mol. The Balaban J connectivity index is 3.90. The van der Waals surface area contributed by atoms with Crippen LogP contribution in [0.1, 0.15) is 107 Å². The minimum absolute atomic E-state index is 0.129. The molecule has 31 heavy (non-hydrogen) atoms. The fourth-order valence-corrected chi connectivity index (χ4v) is 6.83. The Morgan fingerprint density at radius 3 is 1.32 bits per heavy atom. The highest BCUT2D eigenvalue weighted by molar-refractivity contribution is 5.87. The number of carboxylic acid groups (broad SMARTS) is 2. The summed E-state index contributed by atoms with van der Waals surface area (Å²) in [7, 11) is 0. The van der Waals surface area contributed by atoms with Gasteiger partial charge < -0.3 is 10.2 Å². The molecule has 0 aromatic rings. The molecule has 0 heterocycles. The van der Waals surface area contributed by atoms with Crippen molar-refractivity contribution in [2.24, 2.45) is 52.3 Å². The van der Waals surface area contributed by atoms with Gasteiger partial charge in [-0.05, 0) is 86.4 Å². The molecule has 0 amide bonds. The highest BCUT2D eigenvalue weighted by atomic mass is 16.4. The number of rotatable bonds is 12. The molecule has 0 radical (unpaired) electrons. The average Bonchev–Trinajstić information content (AvgIpc) is 2.58. The van der Waals surface area contributed by atoms with Crippen molar-refractivity contribution in [1.29, 1.82) is 0 Å². The van der Waals surface area contributed by atoms with E-state index in [1.165, 1.54) is 0 Å². The maximum atomic E-state index is 13.4. The predicted molar refractivity (Wildman–Crippen MR) is 128 cm³/mol. The monoisotopic (exact) mass is 438 g/mol. The summed E-state index contributed by atoms with van der Waals surface area (Å²) in [5.74, 6) is -0.449. The molecule has 0 bridgehead atoms. The highest BCUT2D eigenvalue weighted by Gasteiger charge is 2.68. The van der Waals surface area contributed by atoms with Crippen molar-refractivity contribution in [2.45, 2.75) is 107 Å². The first-order valence-corrected chi connectivity index (χ1v) is 12.7. The normalized spacial score (nSPS) is 27.3. The lowest BCUT2D eigenvalue weighted by Gasteiger charge is -2.58. The molecule has 0 saturated heterocycles. The van der Waals surface area contributed by atoms with Crippen LogP contribution in [0.15, 0.2) is 0 Å². The lowest BCUT2D eigenvalue weighted by Crippen LogP contribution is -2.63. The van der Waals surface area contributed by atoms with Gasteiger partial charge in [-0.2, -0.15) is 0 Å². The predicted octanol–water partition coefficient (Wildman–Crippen LogP) is 7.37. The zero-order valence-corrected chi connectivity index (χ0v) is 21.7. The summed E-state index contributed by atoms with van der Waals surface area (Å²) in [6.45, 7) is 19.2. The van der Waals surface area contributed by atoms with Gasteiger partial charge in [-0.1, -0.05) is 62.3 Å². The van der Waals surface area contributed by atoms with Crippen LogP contribution in [0.2, 0.25) is 0 Å². The van der Waals surface area contributed by atoms with Gasteiger partial charge in [0.05, 0.1) is 10.8 Å². The molecule has 4 heteroatoms. The van der Waals surface area contributed by atoms with Gasteiger partial charge >= 0.3 is 11.9 Å². The van der Waals surface area contributed by atoms with Crippen molar-refractivity contribution in [3.05, 3.63) is 0 Å². The van der Waals surface area contributed by atoms with Crippen LogP contribution in [-0.2, 0) is 9.59 Å². The highest BCUT2D eigenvalue weighted by Crippen LogP contribution is 2.64. The minimum atomic E-state index is -1.22. The topological polar surface area (TPSA) is 74.6 Å². The molecule has 4 nitrogen and oxygen atoms in total. The number of aliphatic carboxylic acids is 2. The van der Waals surface area contributed by atoms with Gasteiger partial charge in [0.2, 0.25) is 0 Å². The average molecular weight is 439 g/mol. The SMILES string of the molecule is CC(C)CC(CC(C)C)C1(C(=O)O)CCC(C)CC1(C(=O)O)C(CC(C)C)CC(C)C. The number of carbonyl (C=O) groups is 2. The quantitative estimate of drug-likeness (QED) is 0.333. The van der Waals surface area contributed by atoms with Crippen LogP contribution in [-0.4, -0.2) is 22.2 Å². The second-order valence-corrected chi connectivity index (χ2v) is 12.3. The molecule has 0 spiro atoms. The fourth-order valence-electron chi connectivity index (χ4n) is 6.83. The van der Waals surface area contributed by atoms with E-state index in [1.807, 2.05) is 0 Å². The van der Waals surface area contributed by atoms with E-state index in [4.69, 9.17) is 0 Å². The van der Waals surface area contributed by atoms with E-state index in [1.54, 1.807) is 0 Å². The maximum absolute atomic E-state index is 13.4. The summed E-state index contributed by atoms with van der Waals surface area (Å²) in [4.78, 5) is 26.7. The number of carboxylic acids is 2. The molecule has 1 rings (SSSR count). The van der Waals surface area contributed by atoms with Crippen LogP contribution >= 0.6 is 0 Å². The first-order valence-electron chi connectivity index (χ1n) is 12.7. The Labute approximate surface area is 191 Å². The third-order valence-electron chi connectivity index (χ3n) is 7.68. The molecule has 3 atom stereocenters. The van der Waals surface area contributed by atoms with E-state index in [0.717, 1.165) is 32.1 Å². The maximum Gasteiger partial charge on any atom is 0.311 e. The van der Waals surface area contributed by atoms with Crippen LogP contribution in [0.4, 0.5) is 0 Å². The molecule has 1 aliphatic carbocycles. The van der Waals surface area contributed by atoms with Crippen LogP contribution < -0.4 is 0 Å². The Hall–Kier alpha value is -1.06. The van der Waals surface area contributed by atoms with Crippen LogP contribution in [0.3, 0.4) is 0 Å². The lowest BCUT2D eigenvalue weighted by molar-refractivity contribution is -0.203. The fraction of sp³-hybridized carbons (Fsp3) is 0.926. The van der Waals surface area contributed by atoms with Crippen molar-refractivity contribution >= 4 is 11.9 Å². The van der Waals surface area contributed by atoms with Crippen molar-refractivity contribution in [1.82, 2.24) is 0 Å². The molecule has 1 fully saturated rings. The Morgan fingerprint density at radius 2 is 1.03 bits per heavy atom. The molecule has 3 unspecified atom stereocenters. The second-order valence-electron chi connectivity index (χ2n) is 12.3. The number of hydrogen-bond acceptors (Lipinski definition) is 2. The number of hydrogen-bond donors (Lipinski definition) is 2. The second kappa shape index (κ2) is 11.2. The van der Waals surface area contributed by atoms with E-state index < -0.39 is 22.8 Å². The van der Waals surface area contributed by atoms with Gasteiger partial charge in [0, 0.05) is 0 Å². The van der Waals surface area contributed by atoms with Crippen molar-refractivity contribution in [2.75, 3.05) is 0 Å². The van der Waals surface area contributed by atoms with Gasteiger partial charge in [0.1, 0.15) is 0 Å². The standard InChI is InChI=1S/C27H50O4/c1-17(2)12-22(13-18(3)4)26(24(28)29)11-10-21(9)16-27(26,25(30)31)23(14-19(5)6)15-20(7)8/h17-23H,10-16H2,1-9H3,(H,28,29)(H,30,31). The Morgan fingerprint density at radius 1 is 0.710 bits per heavy atom. The molecule has 1 aliphatic rings. The molecule has 182 valence electrons. The van der Waals surface area contributed by atoms with E-state index in [-0.39, 0.29) is 17.8 Å². The van der Waals surface area contributed by atoms with Gasteiger partial charge in [-0.15, -0.1) is 0 Å². The molecule has 2 N–H and O–H groups in total. The molecule has 1 saturated carbocycles. The first kappa shape index (κ1) is 28.0. The van der Waals surface area contributed by atoms with E-state index in [9.17, 15) is 19.8 Å². The lowest BCUT2D eigenvalue weighted by atomic mass is 9.43. The Bertz CT molecular complexity index is 574. The zero-order valence-electron chi connectivity index (χ0n) is 21.7. The Kier molecular flexibility index (Phi) is 10.1. The summed E-state index contributed by atoms with van der Waals surface area (Å²) < 4.78 is 0. The molecular formula is C27H50O4. The molecule has 0 aromatic heterocycles. The summed E-state index contributed by atoms with van der Waals surface area (Å²) >= 11 is 0. The van der Waals surface area contributed by atoms with Crippen LogP contribution in [0.25, 0.3) is 0 Å². The van der Waals surface area contributed by atoms with Gasteiger partial charge in [-0.3, -0.25) is 9.59 Å². The summed E-state index contributed by atoms with van der Waals surface area (Å²) in [5, 5.41) is 21.9. The van der Waals surface area contributed by atoms with Crippen molar-refractivity contribution < 1.29 is 19.8 Å². The minimum Gasteiger partial charge on any atom is -0.481 e. The zero-order chi connectivity index (χ0) is 24.1. The van der Waals surface area contributed by atoms with E-state index in [0.29, 0.717) is 36.5 Å². The summed E-state index contributed by atoms with van der Waals surface area (Å²) in [5.41, 5.74) is -2.44. The van der Waals surface area contributed by atoms with E-state index >= 15 is 0 Å². The largest absolute Gasteiger partial charge is 0.481 e. The summed E-state index contributed by atoms with van der Waals surface area (Å²) in [6.07, 6.45) is 4.82. The molecule has 0 aromatic carbocycles. The van der Waals surface area contributed by atoms with Crippen LogP contribution in [0.5, 0.6) is 0 Å². The van der Waals surface area contributed by atoms with Crippen molar-refractivity contribution in [3.8, 4) is 0 Å². The van der Waals surface area contributed by atoms with E-state index in [2.05, 4.69) is 62.3 Å². The smallest absolute Gasteiger partial charge is 0.311 e. The first-order chi connectivity index (χ1) is 14.2. The van der Waals surface area contributed by atoms with Gasteiger partial charge in [0.25, 0.3) is 0 Å². The van der Waals surface area contributed by atoms with Gasteiger partial charge in [0.15, 0.2) is 0 Å². The third-order valence-corrected chi connectivity index (χ3v) is 7.68. The molecule has 0 aliphatic heterocycles. The third kappa shape index (κ3) is 6.05.